The molecule has 0 radical (unpaired) electrons. The lowest BCUT2D eigenvalue weighted by atomic mass is 9.43. The van der Waals surface area contributed by atoms with Crippen molar-refractivity contribution in [3.63, 3.8) is 0 Å². The molecule has 260 valence electrons. The molecule has 6 fully saturated rings. The molecule has 4 aliphatic carbocycles. The predicted octanol–water partition coefficient (Wildman–Crippen LogP) is 5.42. The molecule has 47 heavy (non-hydrogen) atoms. The van der Waals surface area contributed by atoms with E-state index in [1.54, 1.807) is 11.0 Å². The number of rotatable bonds is 8. The molecule has 4 bridgehead atoms. The molecule has 7 rings (SSSR count). The van der Waals surface area contributed by atoms with Crippen molar-refractivity contribution in [1.29, 1.82) is 0 Å². The van der Waals surface area contributed by atoms with Crippen LogP contribution in [0.5, 0.6) is 0 Å². The first-order chi connectivity index (χ1) is 22.2. The molecule has 5 atom stereocenters. The van der Waals surface area contributed by atoms with Crippen LogP contribution in [0.15, 0.2) is 18.2 Å². The van der Waals surface area contributed by atoms with Gasteiger partial charge in [0.05, 0.1) is 5.69 Å². The second-order valence-corrected chi connectivity index (χ2v) is 17.0. The summed E-state index contributed by atoms with van der Waals surface area (Å²) >= 11 is 0. The number of hydrogen-bond donors (Lipinski definition) is 2. The van der Waals surface area contributed by atoms with Gasteiger partial charge in [0.1, 0.15) is 5.82 Å². The second kappa shape index (κ2) is 13.3. The van der Waals surface area contributed by atoms with Crippen LogP contribution in [0, 0.1) is 28.5 Å². The van der Waals surface area contributed by atoms with Crippen LogP contribution >= 0.6 is 0 Å². The Hall–Kier alpha value is -2.72. The molecule has 2 heterocycles. The highest BCUT2D eigenvalue weighted by atomic mass is 19.1. The maximum atomic E-state index is 15.3. The molecule has 3 unspecified atom stereocenters. The summed E-state index contributed by atoms with van der Waals surface area (Å²) in [5.74, 6) is 0.351. The summed E-state index contributed by atoms with van der Waals surface area (Å²) in [6.07, 6.45) is 9.98. The number of urea groups is 1. The fourth-order valence-corrected chi connectivity index (χ4v) is 10.9. The fraction of sp³-hybridized carbons (Fsp3) is 0.757. The minimum atomic E-state index is -0.621. The predicted molar refractivity (Wildman–Crippen MR) is 183 cm³/mol. The van der Waals surface area contributed by atoms with Gasteiger partial charge in [-0.25, -0.2) is 9.18 Å². The summed E-state index contributed by atoms with van der Waals surface area (Å²) in [4.78, 5) is 48.2. The summed E-state index contributed by atoms with van der Waals surface area (Å²) in [7, 11) is 4.21. The molecule has 10 heteroatoms. The number of halogens is 1. The molecule has 1 aromatic carbocycles. The van der Waals surface area contributed by atoms with Crippen LogP contribution in [-0.2, 0) is 4.79 Å². The van der Waals surface area contributed by atoms with Gasteiger partial charge < -0.3 is 25.3 Å². The summed E-state index contributed by atoms with van der Waals surface area (Å²) in [5.41, 5.74) is 0.616. The first-order valence-corrected chi connectivity index (χ1v) is 18.1. The SMILES string of the molecule is CC(CN(C)C)N1CCC(CC(=O)N2CCCN(C(=O)c3ccc(NC(=O)NC45CC6C[C@@](C)(C4)C[C@](C)(C6)C5)c(F)c3)CC2)CC1. The fourth-order valence-electron chi connectivity index (χ4n) is 10.9. The normalized spacial score (nSPS) is 31.9. The average molecular weight is 653 g/mol. The highest BCUT2D eigenvalue weighted by molar-refractivity contribution is 5.96. The summed E-state index contributed by atoms with van der Waals surface area (Å²) in [5, 5.41) is 6.00. The maximum absolute atomic E-state index is 15.3. The molecule has 2 aliphatic heterocycles. The molecular weight excluding hydrogens is 595 g/mol. The number of amides is 4. The van der Waals surface area contributed by atoms with E-state index in [9.17, 15) is 14.4 Å². The third-order valence-electron chi connectivity index (χ3n) is 12.0. The number of nitrogens with one attached hydrogen (secondary N) is 2. The van der Waals surface area contributed by atoms with E-state index in [1.807, 2.05) is 4.90 Å². The van der Waals surface area contributed by atoms with Crippen LogP contribution in [0.4, 0.5) is 14.9 Å². The van der Waals surface area contributed by atoms with Crippen LogP contribution in [0.25, 0.3) is 0 Å². The number of piperidine rings is 1. The molecule has 0 aromatic heterocycles. The monoisotopic (exact) mass is 652 g/mol. The van der Waals surface area contributed by atoms with Gasteiger partial charge in [-0.2, -0.15) is 0 Å². The average Bonchev–Trinajstić information content (AvgIpc) is 3.22. The van der Waals surface area contributed by atoms with E-state index in [1.165, 1.54) is 31.4 Å². The number of benzene rings is 1. The van der Waals surface area contributed by atoms with E-state index in [-0.39, 0.29) is 45.5 Å². The molecule has 2 N–H and O–H groups in total. The van der Waals surface area contributed by atoms with Gasteiger partial charge in [0.2, 0.25) is 5.91 Å². The van der Waals surface area contributed by atoms with E-state index < -0.39 is 5.82 Å². The minimum absolute atomic E-state index is 0.0758. The summed E-state index contributed by atoms with van der Waals surface area (Å²) in [6, 6.07) is 4.45. The molecule has 4 amide bonds. The van der Waals surface area contributed by atoms with E-state index >= 15 is 4.39 Å². The second-order valence-electron chi connectivity index (χ2n) is 17.0. The van der Waals surface area contributed by atoms with Crippen molar-refractivity contribution >= 4 is 23.5 Å². The number of hydrogen-bond acceptors (Lipinski definition) is 5. The van der Waals surface area contributed by atoms with Crippen molar-refractivity contribution in [3.05, 3.63) is 29.6 Å². The number of likely N-dealkylation sites (tertiary alicyclic amines) is 1. The smallest absolute Gasteiger partial charge is 0.319 e. The van der Waals surface area contributed by atoms with Gasteiger partial charge in [-0.05, 0) is 133 Å². The van der Waals surface area contributed by atoms with Gasteiger partial charge in [-0.1, -0.05) is 13.8 Å². The van der Waals surface area contributed by atoms with Crippen LogP contribution in [0.3, 0.4) is 0 Å². The van der Waals surface area contributed by atoms with E-state index in [0.29, 0.717) is 56.9 Å². The lowest BCUT2D eigenvalue weighted by molar-refractivity contribution is -0.132. The molecule has 0 spiro atoms. The Morgan fingerprint density at radius 3 is 2.23 bits per heavy atom. The molecule has 6 aliphatic rings. The number of carbonyl (C=O) groups is 3. The summed E-state index contributed by atoms with van der Waals surface area (Å²) < 4.78 is 15.3. The number of likely N-dealkylation sites (N-methyl/N-ethyl adjacent to an activating group) is 1. The van der Waals surface area contributed by atoms with Crippen LogP contribution in [-0.4, -0.2) is 109 Å². The van der Waals surface area contributed by atoms with E-state index in [0.717, 1.165) is 51.7 Å². The van der Waals surface area contributed by atoms with Crippen LogP contribution < -0.4 is 10.6 Å². The zero-order valence-electron chi connectivity index (χ0n) is 29.4. The maximum Gasteiger partial charge on any atom is 0.319 e. The Kier molecular flexibility index (Phi) is 9.66. The molecule has 2 saturated heterocycles. The van der Waals surface area contributed by atoms with E-state index in [4.69, 9.17) is 0 Å². The highest BCUT2D eigenvalue weighted by Gasteiger charge is 2.60. The third kappa shape index (κ3) is 7.79. The zero-order valence-corrected chi connectivity index (χ0v) is 29.4. The summed E-state index contributed by atoms with van der Waals surface area (Å²) in [6.45, 7) is 12.2. The van der Waals surface area contributed by atoms with Crippen LogP contribution in [0.1, 0.15) is 95.3 Å². The molecular formula is C37H57FN6O3. The minimum Gasteiger partial charge on any atom is -0.341 e. The van der Waals surface area contributed by atoms with Gasteiger partial charge in [-0.3, -0.25) is 14.5 Å². The Morgan fingerprint density at radius 2 is 1.60 bits per heavy atom. The first kappa shape index (κ1) is 34.2. The number of carbonyl (C=O) groups excluding carboxylic acids is 3. The topological polar surface area (TPSA) is 88.2 Å². The number of anilines is 1. The first-order valence-electron chi connectivity index (χ1n) is 18.1. The van der Waals surface area contributed by atoms with Gasteiger partial charge in [0.25, 0.3) is 5.91 Å². The largest absolute Gasteiger partial charge is 0.341 e. The van der Waals surface area contributed by atoms with Gasteiger partial charge >= 0.3 is 6.03 Å². The van der Waals surface area contributed by atoms with E-state index in [2.05, 4.69) is 55.3 Å². The Bertz CT molecular complexity index is 1330. The third-order valence-corrected chi connectivity index (χ3v) is 12.0. The lowest BCUT2D eigenvalue weighted by Crippen LogP contribution is -2.65. The van der Waals surface area contributed by atoms with Gasteiger partial charge in [0, 0.05) is 56.3 Å². The zero-order chi connectivity index (χ0) is 33.6. The molecule has 9 nitrogen and oxygen atoms in total. The lowest BCUT2D eigenvalue weighted by Gasteiger charge is -2.65. The van der Waals surface area contributed by atoms with Crippen molar-refractivity contribution in [2.24, 2.45) is 22.7 Å². The van der Waals surface area contributed by atoms with Crippen molar-refractivity contribution in [2.75, 3.05) is 65.2 Å². The number of nitrogens with zero attached hydrogens (tertiary/aromatic N) is 4. The Morgan fingerprint density at radius 1 is 0.936 bits per heavy atom. The molecule has 1 aromatic rings. The van der Waals surface area contributed by atoms with Crippen LogP contribution in [0.2, 0.25) is 0 Å². The molecule has 4 saturated carbocycles. The van der Waals surface area contributed by atoms with Crippen molar-refractivity contribution < 1.29 is 18.8 Å². The highest BCUT2D eigenvalue weighted by Crippen LogP contribution is 2.66. The van der Waals surface area contributed by atoms with Crippen molar-refractivity contribution in [3.8, 4) is 0 Å². The van der Waals surface area contributed by atoms with Crippen molar-refractivity contribution in [2.45, 2.75) is 96.6 Å². The quantitative estimate of drug-likeness (QED) is 0.392. The van der Waals surface area contributed by atoms with Crippen molar-refractivity contribution in [1.82, 2.24) is 24.9 Å². The standard InChI is InChI=1S/C37H57FN6O3/c1-26(22-41(4)5)42-13-9-27(10-14-42)17-32(45)43-11-6-12-44(16-15-43)33(46)29-7-8-31(30(38)18-29)39-34(47)40-37-21-28-19-35(2,24-37)23-36(3,20-28)25-37/h7-8,18,26-28H,6,9-17,19-25H2,1-5H3,(H2,39,40,47)/t26?,28?,35-,36+,37?. The Balaban J connectivity index is 0.980. The van der Waals surface area contributed by atoms with Gasteiger partial charge in [0.15, 0.2) is 0 Å². The Labute approximate surface area is 281 Å². The van der Waals surface area contributed by atoms with Gasteiger partial charge in [-0.15, -0.1) is 0 Å².